The molecule has 5 rings (SSSR count). The minimum Gasteiger partial charge on any atom is -0.295 e. The van der Waals surface area contributed by atoms with Crippen molar-refractivity contribution in [1.29, 1.82) is 0 Å². The van der Waals surface area contributed by atoms with E-state index in [1.165, 1.54) is 12.1 Å². The van der Waals surface area contributed by atoms with Gasteiger partial charge >= 0.3 is 0 Å². The molecule has 11 heteroatoms. The molecule has 9 nitrogen and oxygen atoms in total. The third-order valence-electron chi connectivity index (χ3n) is 5.26. The maximum absolute atomic E-state index is 13.4. The fourth-order valence-corrected chi connectivity index (χ4v) is 4.39. The van der Waals surface area contributed by atoms with Gasteiger partial charge in [0.2, 0.25) is 5.95 Å². The first-order valence-electron chi connectivity index (χ1n) is 9.93. The number of aromatic nitrogens is 6. The van der Waals surface area contributed by atoms with Crippen LogP contribution in [0.5, 0.6) is 0 Å². The van der Waals surface area contributed by atoms with Gasteiger partial charge in [-0.25, -0.2) is 17.5 Å². The molecule has 0 saturated carbocycles. The van der Waals surface area contributed by atoms with Crippen LogP contribution in [0, 0.1) is 5.82 Å². The van der Waals surface area contributed by atoms with Crippen molar-refractivity contribution in [3.05, 3.63) is 60.9 Å². The van der Waals surface area contributed by atoms with Gasteiger partial charge in [-0.15, -0.1) is 0 Å². The number of amides is 1. The number of hydrogen-bond acceptors (Lipinski definition) is 6. The first-order chi connectivity index (χ1) is 15.5. The van der Waals surface area contributed by atoms with Crippen LogP contribution in [0.25, 0.3) is 17.3 Å². The van der Waals surface area contributed by atoms with Gasteiger partial charge in [-0.05, 0) is 30.7 Å². The van der Waals surface area contributed by atoms with Gasteiger partial charge in [-0.1, -0.05) is 6.92 Å². The van der Waals surface area contributed by atoms with Crippen LogP contribution in [-0.4, -0.2) is 41.2 Å². The van der Waals surface area contributed by atoms with Gasteiger partial charge in [-0.2, -0.15) is 10.1 Å². The molecule has 1 aliphatic rings. The lowest BCUT2D eigenvalue weighted by molar-refractivity contribution is -0.118. The lowest BCUT2D eigenvalue weighted by Gasteiger charge is -2.37. The molecule has 0 fully saturated rings. The quantitative estimate of drug-likeness (QED) is 0.287. The summed E-state index contributed by atoms with van der Waals surface area (Å²) in [4.78, 5) is 28.6. The number of anilines is 3. The number of fused-ring (bicyclic) bond motifs is 1. The molecule has 0 aliphatic carbocycles. The summed E-state index contributed by atoms with van der Waals surface area (Å²) in [7, 11) is 1.83. The van der Waals surface area contributed by atoms with Crippen molar-refractivity contribution in [1.82, 2.24) is 29.3 Å². The number of imidazole rings is 1. The predicted octanol–water partition coefficient (Wildman–Crippen LogP) is 3.82. The van der Waals surface area contributed by atoms with E-state index in [2.05, 4.69) is 15.1 Å². The number of nitrogens with zero attached hydrogens (tertiary/aromatic N) is 8. The average molecular weight is 544 g/mol. The highest BCUT2D eigenvalue weighted by molar-refractivity contribution is 14.1. The maximum atomic E-state index is 13.4. The summed E-state index contributed by atoms with van der Waals surface area (Å²) in [5.74, 6) is 1.80. The normalized spacial score (nSPS) is 15.9. The Morgan fingerprint density at radius 2 is 1.91 bits per heavy atom. The summed E-state index contributed by atoms with van der Waals surface area (Å²) >= 11 is 1.99. The minimum atomic E-state index is -0.448. The summed E-state index contributed by atoms with van der Waals surface area (Å²) in [6.45, 7) is 1.96. The molecule has 1 atom stereocenters. The predicted molar refractivity (Wildman–Crippen MR) is 125 cm³/mol. The van der Waals surface area contributed by atoms with Gasteiger partial charge in [0.05, 0.1) is 29.1 Å². The molecule has 0 saturated heterocycles. The Hall–Kier alpha value is -3.35. The zero-order chi connectivity index (χ0) is 22.4. The van der Waals surface area contributed by atoms with E-state index in [1.807, 2.05) is 54.0 Å². The molecule has 162 valence electrons. The fraction of sp³-hybridized carbons (Fsp3) is 0.190. The molecular weight excluding hydrogens is 526 g/mol. The number of hydrogen-bond donors (Lipinski definition) is 0. The third kappa shape index (κ3) is 3.32. The number of carbonyl (C=O) groups is 1. The second kappa shape index (κ2) is 7.97. The average Bonchev–Trinajstić information content (AvgIpc) is 3.45. The standard InChI is InChI=1S/C21H18FIN8O/c1-3-15-20(32)31(23)16-12-25-21(26-19(16)30(15)17-8-10-28(2)27-17)29-11-9-24-18(29)13-4-6-14(22)7-5-13/h4-12,15H,3H2,1-2H3/t15-/m0/s1. The molecular formula is C21H18FIN8O. The molecule has 1 aromatic carbocycles. The van der Waals surface area contributed by atoms with E-state index >= 15 is 0 Å². The zero-order valence-corrected chi connectivity index (χ0v) is 19.4. The summed E-state index contributed by atoms with van der Waals surface area (Å²) in [6.07, 6.45) is 7.42. The molecule has 1 amide bonds. The lowest BCUT2D eigenvalue weighted by atomic mass is 10.1. The van der Waals surface area contributed by atoms with Crippen molar-refractivity contribution in [3.63, 3.8) is 0 Å². The minimum absolute atomic E-state index is 0.0581. The highest BCUT2D eigenvalue weighted by Crippen LogP contribution is 2.41. The molecule has 0 radical (unpaired) electrons. The van der Waals surface area contributed by atoms with Crippen molar-refractivity contribution < 1.29 is 9.18 Å². The van der Waals surface area contributed by atoms with Crippen LogP contribution >= 0.6 is 22.9 Å². The van der Waals surface area contributed by atoms with E-state index in [1.54, 1.807) is 43.1 Å². The summed E-state index contributed by atoms with van der Waals surface area (Å²) < 4.78 is 18.4. The van der Waals surface area contributed by atoms with Crippen LogP contribution < -0.4 is 8.01 Å². The van der Waals surface area contributed by atoms with E-state index in [0.29, 0.717) is 35.5 Å². The Balaban J connectivity index is 1.66. The van der Waals surface area contributed by atoms with Gasteiger partial charge in [0.1, 0.15) is 23.4 Å². The van der Waals surface area contributed by atoms with Crippen molar-refractivity contribution in [2.24, 2.45) is 7.05 Å². The second-order valence-electron chi connectivity index (χ2n) is 7.27. The van der Waals surface area contributed by atoms with Crippen LogP contribution in [0.1, 0.15) is 13.3 Å². The van der Waals surface area contributed by atoms with Crippen LogP contribution in [0.4, 0.5) is 21.7 Å². The van der Waals surface area contributed by atoms with E-state index in [9.17, 15) is 9.18 Å². The summed E-state index contributed by atoms with van der Waals surface area (Å²) in [6, 6.07) is 7.49. The van der Waals surface area contributed by atoms with Crippen LogP contribution in [0.3, 0.4) is 0 Å². The Kier molecular flexibility index (Phi) is 5.12. The van der Waals surface area contributed by atoms with Crippen LogP contribution in [0.15, 0.2) is 55.1 Å². The number of halogens is 2. The van der Waals surface area contributed by atoms with Gasteiger partial charge in [0.15, 0.2) is 11.6 Å². The molecule has 4 heterocycles. The Bertz CT molecular complexity index is 1300. The molecule has 4 aromatic rings. The van der Waals surface area contributed by atoms with Crippen molar-refractivity contribution in [3.8, 4) is 17.3 Å². The van der Waals surface area contributed by atoms with Crippen molar-refractivity contribution in [2.75, 3.05) is 8.01 Å². The second-order valence-corrected chi connectivity index (χ2v) is 8.23. The van der Waals surface area contributed by atoms with E-state index in [-0.39, 0.29) is 11.7 Å². The first-order valence-corrected chi connectivity index (χ1v) is 10.9. The van der Waals surface area contributed by atoms with E-state index < -0.39 is 6.04 Å². The molecule has 0 spiro atoms. The zero-order valence-electron chi connectivity index (χ0n) is 17.2. The molecule has 3 aromatic heterocycles. The Morgan fingerprint density at radius 1 is 1.12 bits per heavy atom. The number of aryl methyl sites for hydroxylation is 1. The molecule has 0 bridgehead atoms. The Labute approximate surface area is 197 Å². The van der Waals surface area contributed by atoms with Gasteiger partial charge in [0.25, 0.3) is 5.91 Å². The monoisotopic (exact) mass is 544 g/mol. The van der Waals surface area contributed by atoms with E-state index in [4.69, 9.17) is 4.98 Å². The Morgan fingerprint density at radius 3 is 2.59 bits per heavy atom. The highest BCUT2D eigenvalue weighted by atomic mass is 127. The van der Waals surface area contributed by atoms with E-state index in [0.717, 1.165) is 5.56 Å². The first kappa shape index (κ1) is 20.5. The fourth-order valence-electron chi connectivity index (χ4n) is 3.73. The maximum Gasteiger partial charge on any atom is 0.259 e. The number of rotatable bonds is 4. The van der Waals surface area contributed by atoms with Crippen molar-refractivity contribution in [2.45, 2.75) is 19.4 Å². The van der Waals surface area contributed by atoms with Crippen LogP contribution in [-0.2, 0) is 11.8 Å². The largest absolute Gasteiger partial charge is 0.295 e. The molecule has 0 unspecified atom stereocenters. The molecule has 0 N–H and O–H groups in total. The number of benzene rings is 1. The van der Waals surface area contributed by atoms with Gasteiger partial charge in [-0.3, -0.25) is 18.9 Å². The van der Waals surface area contributed by atoms with Crippen molar-refractivity contribution >= 4 is 46.1 Å². The molecule has 32 heavy (non-hydrogen) atoms. The van der Waals surface area contributed by atoms with Crippen LogP contribution in [0.2, 0.25) is 0 Å². The SMILES string of the molecule is CC[C@H]1C(=O)N(I)c2cnc(-n3ccnc3-c3ccc(F)cc3)nc2N1c1ccn(C)n1. The topological polar surface area (TPSA) is 85.0 Å². The summed E-state index contributed by atoms with van der Waals surface area (Å²) in [5, 5.41) is 4.51. The van der Waals surface area contributed by atoms with Gasteiger partial charge in [0, 0.05) is 37.3 Å². The summed E-state index contributed by atoms with van der Waals surface area (Å²) in [5.41, 5.74) is 1.31. The van der Waals surface area contributed by atoms with Gasteiger partial charge < -0.3 is 0 Å². The number of carbonyl (C=O) groups excluding carboxylic acids is 1. The lowest BCUT2D eigenvalue weighted by Crippen LogP contribution is -2.48. The highest BCUT2D eigenvalue weighted by Gasteiger charge is 2.40. The molecule has 1 aliphatic heterocycles. The third-order valence-corrected chi connectivity index (χ3v) is 6.25. The smallest absolute Gasteiger partial charge is 0.259 e.